The first-order valence-corrected chi connectivity index (χ1v) is 8.07. The average molecular weight is 385 g/mol. The van der Waals surface area contributed by atoms with Crippen LogP contribution in [0.4, 0.5) is 18.9 Å². The maximum absolute atomic E-state index is 13.0. The van der Waals surface area contributed by atoms with Crippen LogP contribution in [-0.2, 0) is 22.2 Å². The molecule has 0 aromatic heterocycles. The van der Waals surface area contributed by atoms with Crippen molar-refractivity contribution >= 4 is 29.1 Å². The van der Waals surface area contributed by atoms with Gasteiger partial charge in [0.25, 0.3) is 0 Å². The summed E-state index contributed by atoms with van der Waals surface area (Å²) in [6, 6.07) is 11.6. The van der Waals surface area contributed by atoms with Gasteiger partial charge in [0.2, 0.25) is 0 Å². The Balaban J connectivity index is 2.03. The highest BCUT2D eigenvalue weighted by Crippen LogP contribution is 2.36. The first-order valence-electron chi connectivity index (χ1n) is 7.69. The van der Waals surface area contributed by atoms with Crippen LogP contribution in [0, 0.1) is 0 Å². The van der Waals surface area contributed by atoms with E-state index in [0.717, 1.165) is 23.8 Å². The fourth-order valence-corrected chi connectivity index (χ4v) is 2.53. The zero-order chi connectivity index (χ0) is 19.3. The Kier molecular flexibility index (Phi) is 6.26. The normalized spacial score (nSPS) is 12.3. The van der Waals surface area contributed by atoms with Gasteiger partial charge >= 0.3 is 18.0 Å². The third-order valence-corrected chi connectivity index (χ3v) is 3.74. The van der Waals surface area contributed by atoms with Crippen molar-refractivity contribution in [2.45, 2.75) is 25.6 Å². The summed E-state index contributed by atoms with van der Waals surface area (Å²) in [7, 11) is 0. The fourth-order valence-electron chi connectivity index (χ4n) is 2.35. The molecule has 0 aliphatic carbocycles. The maximum Gasteiger partial charge on any atom is 0.418 e. The average Bonchev–Trinajstić information content (AvgIpc) is 2.54. The van der Waals surface area contributed by atoms with Crippen molar-refractivity contribution in [3.05, 3.63) is 64.7 Å². The summed E-state index contributed by atoms with van der Waals surface area (Å²) in [5.74, 6) is -2.22. The lowest BCUT2D eigenvalue weighted by molar-refractivity contribution is -0.138. The van der Waals surface area contributed by atoms with Crippen LogP contribution in [0.5, 0.6) is 0 Å². The largest absolute Gasteiger partial charge is 0.418 e. The van der Waals surface area contributed by atoms with Gasteiger partial charge in [-0.05, 0) is 37.1 Å². The third-order valence-electron chi connectivity index (χ3n) is 3.50. The standard InChI is InChI=1S/C18H16ClF3N2O2/c1-11(9-12-5-3-2-4-6-12)23-16(25)17(26)24-15-10-13(19)7-8-14(15)18(20,21)22/h2-8,10-11H,9H2,1H3,(H,23,25)(H,24,26). The lowest BCUT2D eigenvalue weighted by atomic mass is 10.1. The Bertz CT molecular complexity index is 795. The Morgan fingerprint density at radius 1 is 1.08 bits per heavy atom. The number of carbonyl (C=O) groups excluding carboxylic acids is 2. The van der Waals surface area contributed by atoms with E-state index < -0.39 is 29.2 Å². The highest BCUT2D eigenvalue weighted by atomic mass is 35.5. The van der Waals surface area contributed by atoms with Crippen LogP contribution >= 0.6 is 11.6 Å². The molecule has 0 fully saturated rings. The molecule has 0 heterocycles. The van der Waals surface area contributed by atoms with Crippen LogP contribution < -0.4 is 10.6 Å². The van der Waals surface area contributed by atoms with Crippen molar-refractivity contribution < 1.29 is 22.8 Å². The van der Waals surface area contributed by atoms with Crippen molar-refractivity contribution in [3.63, 3.8) is 0 Å². The minimum atomic E-state index is -4.69. The zero-order valence-corrected chi connectivity index (χ0v) is 14.5. The summed E-state index contributed by atoms with van der Waals surface area (Å²) < 4.78 is 39.0. The molecule has 0 aliphatic heterocycles. The number of anilines is 1. The third kappa shape index (κ3) is 5.49. The number of hydrogen-bond acceptors (Lipinski definition) is 2. The minimum absolute atomic E-state index is 0.00570. The fraction of sp³-hybridized carbons (Fsp3) is 0.222. The molecule has 0 bridgehead atoms. The molecule has 1 atom stereocenters. The predicted molar refractivity (Wildman–Crippen MR) is 92.8 cm³/mol. The summed E-state index contributed by atoms with van der Waals surface area (Å²) in [6.45, 7) is 1.69. The Morgan fingerprint density at radius 3 is 2.35 bits per heavy atom. The van der Waals surface area contributed by atoms with Gasteiger partial charge in [0, 0.05) is 11.1 Å². The molecule has 0 saturated carbocycles. The number of rotatable bonds is 4. The van der Waals surface area contributed by atoms with Gasteiger partial charge in [-0.3, -0.25) is 9.59 Å². The van der Waals surface area contributed by atoms with E-state index in [4.69, 9.17) is 11.6 Å². The number of halogens is 4. The van der Waals surface area contributed by atoms with Crippen molar-refractivity contribution in [2.24, 2.45) is 0 Å². The van der Waals surface area contributed by atoms with E-state index in [2.05, 4.69) is 5.32 Å². The molecule has 4 nitrogen and oxygen atoms in total. The maximum atomic E-state index is 13.0. The summed E-state index contributed by atoms with van der Waals surface area (Å²) in [5.41, 5.74) is -0.698. The van der Waals surface area contributed by atoms with E-state index in [1.165, 1.54) is 0 Å². The smallest absolute Gasteiger partial charge is 0.345 e. The molecule has 0 saturated heterocycles. The minimum Gasteiger partial charge on any atom is -0.345 e. The summed E-state index contributed by atoms with van der Waals surface area (Å²) >= 11 is 5.69. The molecular weight excluding hydrogens is 369 g/mol. The number of benzene rings is 2. The van der Waals surface area contributed by atoms with E-state index in [1.807, 2.05) is 35.6 Å². The summed E-state index contributed by atoms with van der Waals surface area (Å²) in [5, 5.41) is 4.43. The van der Waals surface area contributed by atoms with Crippen molar-refractivity contribution in [3.8, 4) is 0 Å². The molecule has 26 heavy (non-hydrogen) atoms. The second-order valence-corrected chi connectivity index (χ2v) is 6.14. The molecule has 0 radical (unpaired) electrons. The van der Waals surface area contributed by atoms with Gasteiger partial charge in [0.1, 0.15) is 0 Å². The van der Waals surface area contributed by atoms with Crippen LogP contribution in [0.25, 0.3) is 0 Å². The van der Waals surface area contributed by atoms with Crippen LogP contribution in [0.1, 0.15) is 18.1 Å². The van der Waals surface area contributed by atoms with Crippen LogP contribution in [0.2, 0.25) is 5.02 Å². The number of carbonyl (C=O) groups is 2. The lowest BCUT2D eigenvalue weighted by Crippen LogP contribution is -2.41. The van der Waals surface area contributed by atoms with Crippen molar-refractivity contribution in [1.82, 2.24) is 5.32 Å². The number of alkyl halides is 3. The van der Waals surface area contributed by atoms with E-state index in [0.29, 0.717) is 6.42 Å². The van der Waals surface area contributed by atoms with Crippen LogP contribution in [0.15, 0.2) is 48.5 Å². The highest BCUT2D eigenvalue weighted by Gasteiger charge is 2.34. The van der Waals surface area contributed by atoms with Gasteiger partial charge < -0.3 is 10.6 Å². The van der Waals surface area contributed by atoms with Crippen molar-refractivity contribution in [2.75, 3.05) is 5.32 Å². The number of amides is 2. The zero-order valence-electron chi connectivity index (χ0n) is 13.7. The quantitative estimate of drug-likeness (QED) is 0.781. The molecule has 1 unspecified atom stereocenters. The summed E-state index contributed by atoms with van der Waals surface area (Å²) in [6.07, 6.45) is -4.21. The molecular formula is C18H16ClF3N2O2. The monoisotopic (exact) mass is 384 g/mol. The molecule has 2 aromatic carbocycles. The second-order valence-electron chi connectivity index (χ2n) is 5.71. The van der Waals surface area contributed by atoms with E-state index in [-0.39, 0.29) is 11.1 Å². The van der Waals surface area contributed by atoms with E-state index in [9.17, 15) is 22.8 Å². The molecule has 138 valence electrons. The van der Waals surface area contributed by atoms with Gasteiger partial charge in [-0.1, -0.05) is 41.9 Å². The van der Waals surface area contributed by atoms with Gasteiger partial charge in [-0.15, -0.1) is 0 Å². The van der Waals surface area contributed by atoms with Gasteiger partial charge in [-0.2, -0.15) is 13.2 Å². The molecule has 2 amide bonds. The number of hydrogen-bond donors (Lipinski definition) is 2. The topological polar surface area (TPSA) is 58.2 Å². The molecule has 2 aromatic rings. The Labute approximate surface area is 153 Å². The first-order chi connectivity index (χ1) is 12.2. The van der Waals surface area contributed by atoms with E-state index in [1.54, 1.807) is 6.92 Å². The molecule has 0 aliphatic rings. The highest BCUT2D eigenvalue weighted by molar-refractivity contribution is 6.40. The molecule has 2 rings (SSSR count). The van der Waals surface area contributed by atoms with Gasteiger partial charge in [-0.25, -0.2) is 0 Å². The lowest BCUT2D eigenvalue weighted by Gasteiger charge is -2.16. The molecule has 0 spiro atoms. The van der Waals surface area contributed by atoms with Crippen LogP contribution in [-0.4, -0.2) is 17.9 Å². The Morgan fingerprint density at radius 2 is 1.73 bits per heavy atom. The first kappa shape index (κ1) is 19.8. The summed E-state index contributed by atoms with van der Waals surface area (Å²) in [4.78, 5) is 23.9. The second kappa shape index (κ2) is 8.23. The Hall–Kier alpha value is -2.54. The van der Waals surface area contributed by atoms with Gasteiger partial charge in [0.15, 0.2) is 0 Å². The molecule has 2 N–H and O–H groups in total. The SMILES string of the molecule is CC(Cc1ccccc1)NC(=O)C(=O)Nc1cc(Cl)ccc1C(F)(F)F. The molecule has 8 heteroatoms. The predicted octanol–water partition coefficient (Wildman–Crippen LogP) is 4.04. The van der Waals surface area contributed by atoms with Crippen molar-refractivity contribution in [1.29, 1.82) is 0 Å². The van der Waals surface area contributed by atoms with E-state index >= 15 is 0 Å². The number of nitrogens with one attached hydrogen (secondary N) is 2. The van der Waals surface area contributed by atoms with Gasteiger partial charge in [0.05, 0.1) is 11.3 Å². The van der Waals surface area contributed by atoms with Crippen LogP contribution in [0.3, 0.4) is 0 Å².